The molecule has 0 aliphatic carbocycles. The van der Waals surface area contributed by atoms with E-state index in [0.29, 0.717) is 23.4 Å². The van der Waals surface area contributed by atoms with E-state index < -0.39 is 0 Å². The molecule has 0 saturated carbocycles. The number of carbonyl (C=O) groups is 2. The topological polar surface area (TPSA) is 67.8 Å². The van der Waals surface area contributed by atoms with E-state index in [4.69, 9.17) is 4.84 Å². The first-order valence-corrected chi connectivity index (χ1v) is 8.72. The number of anilines is 1. The van der Waals surface area contributed by atoms with Gasteiger partial charge < -0.3 is 10.2 Å². The molecule has 0 atom stereocenters. The van der Waals surface area contributed by atoms with E-state index in [9.17, 15) is 9.59 Å². The first-order valence-electron chi connectivity index (χ1n) is 8.72. The summed E-state index contributed by atoms with van der Waals surface area (Å²) in [5.41, 5.74) is 4.14. The highest BCUT2D eigenvalue weighted by Gasteiger charge is 2.06. The lowest BCUT2D eigenvalue weighted by Crippen LogP contribution is -2.11. The van der Waals surface area contributed by atoms with Crippen LogP contribution in [-0.2, 0) is 9.63 Å². The molecule has 0 bridgehead atoms. The number of allylic oxidation sites excluding steroid dienone is 1. The predicted octanol–water partition coefficient (Wildman–Crippen LogP) is 4.87. The number of nitrogens with zero attached hydrogens (tertiary/aromatic N) is 1. The highest BCUT2D eigenvalue weighted by molar-refractivity contribution is 5.98. The fourth-order valence-electron chi connectivity index (χ4n) is 2.29. The molecule has 0 spiro atoms. The lowest BCUT2D eigenvalue weighted by atomic mass is 10.1. The molecule has 2 aromatic rings. The third-order valence-corrected chi connectivity index (χ3v) is 3.99. The van der Waals surface area contributed by atoms with E-state index >= 15 is 0 Å². The summed E-state index contributed by atoms with van der Waals surface area (Å²) in [5, 5.41) is 6.84. The number of hydrogen-bond acceptors (Lipinski definition) is 4. The molecular weight excluding hydrogens is 340 g/mol. The summed E-state index contributed by atoms with van der Waals surface area (Å²) in [6.07, 6.45) is 0.592. The summed E-state index contributed by atoms with van der Waals surface area (Å²) in [6.45, 7) is 9.18. The second-order valence-corrected chi connectivity index (χ2v) is 6.35. The van der Waals surface area contributed by atoms with E-state index in [2.05, 4.69) is 17.1 Å². The molecule has 5 nitrogen and oxygen atoms in total. The van der Waals surface area contributed by atoms with Gasteiger partial charge in [0, 0.05) is 24.1 Å². The van der Waals surface area contributed by atoms with Gasteiger partial charge in [0.1, 0.15) is 5.76 Å². The zero-order valence-electron chi connectivity index (χ0n) is 15.9. The highest BCUT2D eigenvalue weighted by Crippen LogP contribution is 2.13. The molecule has 0 radical (unpaired) electrons. The zero-order chi connectivity index (χ0) is 19.8. The van der Waals surface area contributed by atoms with Crippen molar-refractivity contribution in [3.05, 3.63) is 77.6 Å². The van der Waals surface area contributed by atoms with Crippen LogP contribution in [0.25, 0.3) is 0 Å². The molecule has 0 aliphatic heterocycles. The van der Waals surface area contributed by atoms with E-state index in [1.54, 1.807) is 24.3 Å². The maximum Gasteiger partial charge on any atom is 0.224 e. The van der Waals surface area contributed by atoms with E-state index in [-0.39, 0.29) is 18.1 Å². The lowest BCUT2D eigenvalue weighted by molar-refractivity contribution is -0.116. The number of amides is 1. The van der Waals surface area contributed by atoms with Gasteiger partial charge in [-0.25, -0.2) is 0 Å². The molecule has 0 aromatic heterocycles. The summed E-state index contributed by atoms with van der Waals surface area (Å²) in [7, 11) is 0. The first-order chi connectivity index (χ1) is 12.8. The average molecular weight is 364 g/mol. The molecular formula is C22H24N2O3. The Morgan fingerprint density at radius 1 is 0.963 bits per heavy atom. The number of Topliss-reactive ketones (excluding diaryl/α,β-unsaturated/α-hetero) is 1. The van der Waals surface area contributed by atoms with E-state index in [0.717, 1.165) is 11.3 Å². The van der Waals surface area contributed by atoms with Gasteiger partial charge in [0.2, 0.25) is 5.91 Å². The van der Waals surface area contributed by atoms with Crippen molar-refractivity contribution in [2.75, 3.05) is 5.32 Å². The van der Waals surface area contributed by atoms with Crippen molar-refractivity contribution >= 4 is 23.1 Å². The van der Waals surface area contributed by atoms with Gasteiger partial charge >= 0.3 is 0 Å². The Labute approximate surface area is 159 Å². The summed E-state index contributed by atoms with van der Waals surface area (Å²) in [4.78, 5) is 28.6. The Balaban J connectivity index is 1.79. The first kappa shape index (κ1) is 20.1. The molecule has 0 saturated heterocycles. The second-order valence-electron chi connectivity index (χ2n) is 6.35. The van der Waals surface area contributed by atoms with Gasteiger partial charge in [-0.05, 0) is 50.6 Å². The number of rotatable bonds is 8. The Hall–Kier alpha value is -3.21. The summed E-state index contributed by atoms with van der Waals surface area (Å²) in [6, 6.07) is 14.7. The Bertz CT molecular complexity index is 850. The quantitative estimate of drug-likeness (QED) is 0.314. The smallest absolute Gasteiger partial charge is 0.224 e. The number of hydrogen-bond donors (Lipinski definition) is 1. The number of aryl methyl sites for hydroxylation is 1. The van der Waals surface area contributed by atoms with Crippen LogP contribution in [0, 0.1) is 6.92 Å². The van der Waals surface area contributed by atoms with E-state index in [1.807, 2.05) is 38.1 Å². The van der Waals surface area contributed by atoms with Crippen molar-refractivity contribution in [1.82, 2.24) is 0 Å². The van der Waals surface area contributed by atoms with E-state index in [1.165, 1.54) is 12.5 Å². The molecule has 0 fully saturated rings. The summed E-state index contributed by atoms with van der Waals surface area (Å²) < 4.78 is 0. The maximum atomic E-state index is 12.0. The number of ketones is 1. The van der Waals surface area contributed by atoms with Crippen molar-refractivity contribution in [1.29, 1.82) is 0 Å². The van der Waals surface area contributed by atoms with Crippen LogP contribution < -0.4 is 5.32 Å². The van der Waals surface area contributed by atoms with Crippen LogP contribution in [-0.4, -0.2) is 17.4 Å². The number of benzene rings is 2. The van der Waals surface area contributed by atoms with Crippen LogP contribution in [0.3, 0.4) is 0 Å². The van der Waals surface area contributed by atoms with Crippen LogP contribution in [0.5, 0.6) is 0 Å². The molecule has 140 valence electrons. The van der Waals surface area contributed by atoms with Gasteiger partial charge in [-0.1, -0.05) is 41.6 Å². The number of carbonyl (C=O) groups excluding carboxylic acids is 2. The Morgan fingerprint density at radius 3 is 2.15 bits per heavy atom. The molecule has 2 aromatic carbocycles. The maximum absolute atomic E-state index is 12.0. The molecule has 2 rings (SSSR count). The van der Waals surface area contributed by atoms with Crippen LogP contribution in [0.4, 0.5) is 5.69 Å². The standard InChI is InChI=1S/C22H24N2O3/c1-15-5-8-19(9-6-15)17(3)24-27-16(2)7-14-22(26)23-21-12-10-20(11-13-21)18(4)25/h5-6,8-13H,2,7,14H2,1,3-4H3,(H,23,26)/b24-17+. The third-order valence-electron chi connectivity index (χ3n) is 3.99. The Kier molecular flexibility index (Phi) is 7.06. The van der Waals surface area contributed by atoms with Crippen LogP contribution in [0.2, 0.25) is 0 Å². The van der Waals surface area contributed by atoms with Gasteiger partial charge in [0.05, 0.1) is 5.71 Å². The van der Waals surface area contributed by atoms with Gasteiger partial charge in [-0.15, -0.1) is 0 Å². The second kappa shape index (κ2) is 9.48. The number of oxime groups is 1. The normalized spacial score (nSPS) is 11.0. The lowest BCUT2D eigenvalue weighted by Gasteiger charge is -2.07. The van der Waals surface area contributed by atoms with Gasteiger partial charge in [0.25, 0.3) is 0 Å². The average Bonchev–Trinajstić information content (AvgIpc) is 2.65. The minimum absolute atomic E-state index is 0.0113. The molecule has 5 heteroatoms. The fourth-order valence-corrected chi connectivity index (χ4v) is 2.29. The SMILES string of the molecule is C=C(CCC(=O)Nc1ccc(C(C)=O)cc1)O/N=C(\C)c1ccc(C)cc1. The minimum atomic E-state index is -0.158. The summed E-state index contributed by atoms with van der Waals surface area (Å²) >= 11 is 0. The highest BCUT2D eigenvalue weighted by atomic mass is 16.6. The van der Waals surface area contributed by atoms with Crippen molar-refractivity contribution in [3.8, 4) is 0 Å². The largest absolute Gasteiger partial charge is 0.362 e. The molecule has 1 amide bonds. The molecule has 1 N–H and O–H groups in total. The van der Waals surface area contributed by atoms with Gasteiger partial charge in [0.15, 0.2) is 5.78 Å². The molecule has 0 unspecified atom stereocenters. The van der Waals surface area contributed by atoms with Crippen molar-refractivity contribution < 1.29 is 14.4 Å². The van der Waals surface area contributed by atoms with Crippen LogP contribution >= 0.6 is 0 Å². The molecule has 0 heterocycles. The van der Waals surface area contributed by atoms with Crippen LogP contribution in [0.1, 0.15) is 48.2 Å². The fraction of sp³-hybridized carbons (Fsp3) is 0.227. The van der Waals surface area contributed by atoms with Crippen molar-refractivity contribution in [2.45, 2.75) is 33.6 Å². The van der Waals surface area contributed by atoms with Crippen LogP contribution in [0.15, 0.2) is 66.0 Å². The van der Waals surface area contributed by atoms with Gasteiger partial charge in [-0.2, -0.15) is 0 Å². The molecule has 27 heavy (non-hydrogen) atoms. The minimum Gasteiger partial charge on any atom is -0.362 e. The predicted molar refractivity (Wildman–Crippen MR) is 108 cm³/mol. The number of nitrogens with one attached hydrogen (secondary N) is 1. The monoisotopic (exact) mass is 364 g/mol. The third kappa shape index (κ3) is 6.55. The van der Waals surface area contributed by atoms with Crippen molar-refractivity contribution in [2.24, 2.45) is 5.16 Å². The Morgan fingerprint density at radius 2 is 1.56 bits per heavy atom. The van der Waals surface area contributed by atoms with Gasteiger partial charge in [-0.3, -0.25) is 9.59 Å². The van der Waals surface area contributed by atoms with Crippen molar-refractivity contribution in [3.63, 3.8) is 0 Å². The molecule has 0 aliphatic rings. The summed E-state index contributed by atoms with van der Waals surface area (Å²) in [5.74, 6) is 0.251. The zero-order valence-corrected chi connectivity index (χ0v) is 15.9.